The van der Waals surface area contributed by atoms with Gasteiger partial charge >= 0.3 is 17.9 Å². The first-order valence-corrected chi connectivity index (χ1v) is 9.88. The molecule has 156 valence electrons. The van der Waals surface area contributed by atoms with Crippen LogP contribution in [0.15, 0.2) is 0 Å². The second-order valence-electron chi connectivity index (χ2n) is 5.55. The molecule has 0 fully saturated rings. The summed E-state index contributed by atoms with van der Waals surface area (Å²) < 4.78 is 0. The molecule has 0 unspecified atom stereocenters. The highest BCUT2D eigenvalue weighted by Crippen LogP contribution is 1.98. The molecule has 3 atom stereocenters. The highest BCUT2D eigenvalue weighted by molar-refractivity contribution is 7.98. The summed E-state index contributed by atoms with van der Waals surface area (Å²) in [6, 6.07) is -2.01. The molecule has 9 nitrogen and oxygen atoms in total. The number of unbranched alkanes of at least 4 members (excludes halogenated alkanes) is 1. The van der Waals surface area contributed by atoms with E-state index in [4.69, 9.17) is 32.5 Å². The molecule has 0 saturated heterocycles. The fourth-order valence-corrected chi connectivity index (χ4v) is 1.84. The Morgan fingerprint density at radius 2 is 1.15 bits per heavy atom. The quantitative estimate of drug-likeness (QED) is 0.292. The zero-order valence-corrected chi connectivity index (χ0v) is 16.7. The van der Waals surface area contributed by atoms with E-state index in [2.05, 4.69) is 0 Å². The Balaban J connectivity index is -0.000000306. The number of carbonyl (C=O) groups is 3. The van der Waals surface area contributed by atoms with Crippen molar-refractivity contribution in [3.63, 3.8) is 0 Å². The second kappa shape index (κ2) is 20.0. The van der Waals surface area contributed by atoms with E-state index in [9.17, 15) is 14.4 Å². The summed E-state index contributed by atoms with van der Waals surface area (Å²) in [4.78, 5) is 30.1. The Kier molecular flexibility index (Phi) is 22.6. The Labute approximate surface area is 159 Å². The summed E-state index contributed by atoms with van der Waals surface area (Å²) in [6.45, 7) is 3.91. The molecule has 0 aromatic heterocycles. The van der Waals surface area contributed by atoms with Gasteiger partial charge in [0.1, 0.15) is 18.1 Å². The van der Waals surface area contributed by atoms with Gasteiger partial charge in [0.15, 0.2) is 0 Å². The maximum Gasteiger partial charge on any atom is 0.320 e. The number of carboxylic acid groups (broad SMARTS) is 3. The summed E-state index contributed by atoms with van der Waals surface area (Å²) in [5, 5.41) is 24.7. The summed E-state index contributed by atoms with van der Waals surface area (Å²) in [6.07, 6.45) is 6.36. The Morgan fingerprint density at radius 1 is 0.769 bits per heavy atom. The van der Waals surface area contributed by atoms with Crippen molar-refractivity contribution in [3.8, 4) is 0 Å². The van der Waals surface area contributed by atoms with Crippen LogP contribution in [0.25, 0.3) is 0 Å². The summed E-state index contributed by atoms with van der Waals surface area (Å²) in [5.41, 5.74) is 15.5. The molecule has 0 rings (SSSR count). The molecule has 0 spiro atoms. The lowest BCUT2D eigenvalue weighted by Gasteiger charge is -2.02. The monoisotopic (exact) mass is 397 g/mol. The molecule has 0 aliphatic rings. The highest BCUT2D eigenvalue weighted by atomic mass is 32.2. The number of rotatable bonds is 11. The van der Waals surface area contributed by atoms with Crippen molar-refractivity contribution in [2.75, 3.05) is 12.0 Å². The molecule has 0 aliphatic heterocycles. The van der Waals surface area contributed by atoms with E-state index < -0.39 is 36.0 Å². The van der Waals surface area contributed by atoms with Crippen LogP contribution < -0.4 is 17.2 Å². The van der Waals surface area contributed by atoms with Crippen LogP contribution in [0.2, 0.25) is 0 Å². The first-order chi connectivity index (χ1) is 12.0. The first-order valence-electron chi connectivity index (χ1n) is 8.49. The predicted molar refractivity (Wildman–Crippen MR) is 104 cm³/mol. The van der Waals surface area contributed by atoms with E-state index in [1.165, 1.54) is 0 Å². The third-order valence-corrected chi connectivity index (χ3v) is 3.70. The maximum atomic E-state index is 10.1. The van der Waals surface area contributed by atoms with Crippen LogP contribution in [0.5, 0.6) is 0 Å². The zero-order chi connectivity index (χ0) is 21.1. The Hall–Kier alpha value is -1.36. The van der Waals surface area contributed by atoms with Gasteiger partial charge in [0.05, 0.1) is 0 Å². The lowest BCUT2D eigenvalue weighted by Crippen LogP contribution is -2.30. The van der Waals surface area contributed by atoms with Crippen LogP contribution in [0.3, 0.4) is 0 Å². The van der Waals surface area contributed by atoms with E-state index in [1.807, 2.05) is 20.1 Å². The van der Waals surface area contributed by atoms with Gasteiger partial charge in [0.25, 0.3) is 0 Å². The second-order valence-corrected chi connectivity index (χ2v) is 6.53. The van der Waals surface area contributed by atoms with Crippen molar-refractivity contribution in [1.29, 1.82) is 0 Å². The van der Waals surface area contributed by atoms with Gasteiger partial charge in [-0.05, 0) is 31.3 Å². The van der Waals surface area contributed by atoms with Crippen molar-refractivity contribution >= 4 is 29.7 Å². The van der Waals surface area contributed by atoms with Gasteiger partial charge in [-0.1, -0.05) is 33.1 Å². The van der Waals surface area contributed by atoms with Crippen LogP contribution in [0, 0.1) is 0 Å². The Morgan fingerprint density at radius 3 is 1.42 bits per heavy atom. The van der Waals surface area contributed by atoms with E-state index in [0.717, 1.165) is 25.0 Å². The molecule has 0 amide bonds. The van der Waals surface area contributed by atoms with E-state index >= 15 is 0 Å². The average Bonchev–Trinajstić information content (AvgIpc) is 2.58. The fraction of sp³-hybridized carbons (Fsp3) is 0.812. The molecule has 0 aliphatic carbocycles. The number of nitrogens with two attached hydrogens (primary N) is 3. The van der Waals surface area contributed by atoms with Gasteiger partial charge < -0.3 is 32.5 Å². The van der Waals surface area contributed by atoms with E-state index in [1.54, 1.807) is 11.8 Å². The lowest BCUT2D eigenvalue weighted by atomic mass is 10.1. The van der Waals surface area contributed by atoms with Gasteiger partial charge in [-0.25, -0.2) is 0 Å². The van der Waals surface area contributed by atoms with E-state index in [0.29, 0.717) is 19.3 Å². The molecule has 0 aromatic rings. The van der Waals surface area contributed by atoms with E-state index in [-0.39, 0.29) is 0 Å². The molecule has 10 heteroatoms. The van der Waals surface area contributed by atoms with Crippen LogP contribution in [0.4, 0.5) is 0 Å². The third-order valence-electron chi connectivity index (χ3n) is 3.05. The van der Waals surface area contributed by atoms with Crippen molar-refractivity contribution in [1.82, 2.24) is 0 Å². The molecule has 0 radical (unpaired) electrons. The number of hydrogen-bond donors (Lipinski definition) is 6. The minimum absolute atomic E-state index is 0.552. The molecule has 26 heavy (non-hydrogen) atoms. The lowest BCUT2D eigenvalue weighted by molar-refractivity contribution is -0.139. The van der Waals surface area contributed by atoms with Gasteiger partial charge in [-0.3, -0.25) is 14.4 Å². The summed E-state index contributed by atoms with van der Waals surface area (Å²) in [5.74, 6) is -1.91. The molecule has 0 bridgehead atoms. The van der Waals surface area contributed by atoms with Crippen LogP contribution in [0.1, 0.15) is 52.4 Å². The number of aliphatic carboxylic acids is 3. The molecule has 0 heterocycles. The average molecular weight is 398 g/mol. The highest BCUT2D eigenvalue weighted by Gasteiger charge is 2.09. The van der Waals surface area contributed by atoms with Gasteiger partial charge in [0.2, 0.25) is 0 Å². The summed E-state index contributed by atoms with van der Waals surface area (Å²) in [7, 11) is 0. The molecular formula is C16H35N3O6S. The zero-order valence-electron chi connectivity index (χ0n) is 15.9. The smallest absolute Gasteiger partial charge is 0.320 e. The van der Waals surface area contributed by atoms with Crippen LogP contribution in [-0.4, -0.2) is 63.4 Å². The first kappa shape index (κ1) is 29.4. The van der Waals surface area contributed by atoms with Gasteiger partial charge in [-0.15, -0.1) is 0 Å². The minimum Gasteiger partial charge on any atom is -0.480 e. The minimum atomic E-state index is -0.913. The molecule has 0 saturated carbocycles. The van der Waals surface area contributed by atoms with Crippen molar-refractivity contribution in [3.05, 3.63) is 0 Å². The summed E-state index contributed by atoms with van der Waals surface area (Å²) >= 11 is 1.60. The number of hydrogen-bond acceptors (Lipinski definition) is 7. The van der Waals surface area contributed by atoms with Crippen molar-refractivity contribution < 1.29 is 29.7 Å². The Bertz CT molecular complexity index is 361. The van der Waals surface area contributed by atoms with Gasteiger partial charge in [-0.2, -0.15) is 11.8 Å². The normalized spacial score (nSPS) is 13.2. The molecule has 9 N–H and O–H groups in total. The fourth-order valence-electron chi connectivity index (χ4n) is 1.35. The third kappa shape index (κ3) is 22.6. The number of carboxylic acids is 3. The standard InChI is InChI=1S/C6H13NO2.C5H11NO2S.C5H11NO2/c1-2-3-4-5(7)6(8)9;1-9-3-2-4(6)5(7)8;1-2-3-4(6)5(7)8/h5H,2-4,7H2,1H3,(H,8,9);4H,2-3,6H2,1H3,(H,7,8);4H,2-3,6H2,1H3,(H,7,8)/t5-;2*4-/m000/s1. The predicted octanol–water partition coefficient (Wildman–Crippen LogP) is 0.938. The van der Waals surface area contributed by atoms with Crippen molar-refractivity contribution in [2.24, 2.45) is 17.2 Å². The topological polar surface area (TPSA) is 190 Å². The van der Waals surface area contributed by atoms with Crippen molar-refractivity contribution in [2.45, 2.75) is 70.5 Å². The maximum absolute atomic E-state index is 10.1. The molecular weight excluding hydrogens is 362 g/mol. The number of thioether (sulfide) groups is 1. The van der Waals surface area contributed by atoms with Gasteiger partial charge in [0, 0.05) is 0 Å². The largest absolute Gasteiger partial charge is 0.480 e. The SMILES string of the molecule is CCCC[C@H](N)C(=O)O.CCC[C@H](N)C(=O)O.CSCC[C@H](N)C(=O)O. The van der Waals surface area contributed by atoms with Crippen LogP contribution >= 0.6 is 11.8 Å². The molecule has 0 aromatic carbocycles. The van der Waals surface area contributed by atoms with Crippen LogP contribution in [-0.2, 0) is 14.4 Å².